The maximum absolute atomic E-state index is 14.0. The fourth-order valence-electron chi connectivity index (χ4n) is 2.19. The molecular formula is C16H17F2NO2. The van der Waals surface area contributed by atoms with Crippen LogP contribution in [-0.2, 0) is 0 Å². The van der Waals surface area contributed by atoms with Crippen molar-refractivity contribution in [3.8, 4) is 11.5 Å². The van der Waals surface area contributed by atoms with Crippen LogP contribution in [0.4, 0.5) is 14.5 Å². The number of ether oxygens (including phenoxy) is 2. The molecule has 0 aliphatic carbocycles. The second kappa shape index (κ2) is 6.43. The number of methoxy groups -OCH3 is 2. The minimum Gasteiger partial charge on any atom is -0.496 e. The third-order valence-corrected chi connectivity index (χ3v) is 3.20. The molecule has 112 valence electrons. The van der Waals surface area contributed by atoms with Crippen LogP contribution in [0.2, 0.25) is 0 Å². The Morgan fingerprint density at radius 2 is 1.67 bits per heavy atom. The molecule has 0 saturated carbocycles. The summed E-state index contributed by atoms with van der Waals surface area (Å²) in [5.74, 6) is -0.209. The summed E-state index contributed by atoms with van der Waals surface area (Å²) in [4.78, 5) is 0. The Balaban J connectivity index is 2.28. The van der Waals surface area contributed by atoms with Crippen LogP contribution in [0, 0.1) is 11.6 Å². The molecule has 0 amide bonds. The Hall–Kier alpha value is -2.30. The van der Waals surface area contributed by atoms with Crippen LogP contribution in [-0.4, -0.2) is 14.2 Å². The Labute approximate surface area is 122 Å². The molecule has 2 aromatic rings. The van der Waals surface area contributed by atoms with Crippen molar-refractivity contribution in [1.82, 2.24) is 0 Å². The summed E-state index contributed by atoms with van der Waals surface area (Å²) < 4.78 is 37.5. The second-order valence-corrected chi connectivity index (χ2v) is 4.57. The number of anilines is 1. The van der Waals surface area contributed by atoms with Gasteiger partial charge in [-0.25, -0.2) is 8.78 Å². The molecule has 21 heavy (non-hydrogen) atoms. The summed E-state index contributed by atoms with van der Waals surface area (Å²) in [7, 11) is 2.89. The molecule has 5 heteroatoms. The van der Waals surface area contributed by atoms with E-state index in [0.717, 1.165) is 0 Å². The normalized spacial score (nSPS) is 11.9. The minimum absolute atomic E-state index is 0.132. The Morgan fingerprint density at radius 1 is 0.952 bits per heavy atom. The van der Waals surface area contributed by atoms with Crippen LogP contribution in [0.25, 0.3) is 0 Å². The predicted molar refractivity (Wildman–Crippen MR) is 77.9 cm³/mol. The molecule has 3 nitrogen and oxygen atoms in total. The van der Waals surface area contributed by atoms with E-state index in [1.54, 1.807) is 25.1 Å². The van der Waals surface area contributed by atoms with E-state index >= 15 is 0 Å². The third kappa shape index (κ3) is 3.24. The van der Waals surface area contributed by atoms with Gasteiger partial charge in [0.2, 0.25) is 0 Å². The van der Waals surface area contributed by atoms with Gasteiger partial charge in [0.15, 0.2) is 11.6 Å². The molecule has 0 saturated heterocycles. The van der Waals surface area contributed by atoms with Crippen molar-refractivity contribution in [3.05, 3.63) is 53.6 Å². The molecule has 0 aliphatic heterocycles. The van der Waals surface area contributed by atoms with E-state index in [1.807, 2.05) is 0 Å². The molecule has 0 heterocycles. The number of benzene rings is 2. The zero-order chi connectivity index (χ0) is 15.4. The predicted octanol–water partition coefficient (Wildman–Crippen LogP) is 4.16. The lowest BCUT2D eigenvalue weighted by atomic mass is 10.1. The van der Waals surface area contributed by atoms with Gasteiger partial charge in [0.1, 0.15) is 11.6 Å². The van der Waals surface area contributed by atoms with Gasteiger partial charge in [-0.3, -0.25) is 0 Å². The number of hydrogen-bond donors (Lipinski definition) is 1. The van der Waals surface area contributed by atoms with Gasteiger partial charge in [0.05, 0.1) is 25.8 Å². The maximum Gasteiger partial charge on any atom is 0.165 e. The van der Waals surface area contributed by atoms with Gasteiger partial charge in [0, 0.05) is 11.8 Å². The largest absolute Gasteiger partial charge is 0.496 e. The molecule has 1 N–H and O–H groups in total. The van der Waals surface area contributed by atoms with Crippen molar-refractivity contribution in [1.29, 1.82) is 0 Å². The molecule has 0 spiro atoms. The first-order valence-electron chi connectivity index (χ1n) is 6.49. The van der Waals surface area contributed by atoms with Gasteiger partial charge in [-0.05, 0) is 31.2 Å². The lowest BCUT2D eigenvalue weighted by molar-refractivity contribution is 0.386. The molecule has 0 bridgehead atoms. The van der Waals surface area contributed by atoms with E-state index < -0.39 is 5.82 Å². The first kappa shape index (κ1) is 15.1. The summed E-state index contributed by atoms with van der Waals surface area (Å²) in [6.45, 7) is 1.80. The summed E-state index contributed by atoms with van der Waals surface area (Å²) in [6.07, 6.45) is 0. The molecule has 1 unspecified atom stereocenters. The van der Waals surface area contributed by atoms with Crippen molar-refractivity contribution >= 4 is 5.69 Å². The van der Waals surface area contributed by atoms with Crippen molar-refractivity contribution < 1.29 is 18.3 Å². The molecule has 1 atom stereocenters. The monoisotopic (exact) mass is 293 g/mol. The van der Waals surface area contributed by atoms with E-state index in [2.05, 4.69) is 5.32 Å². The zero-order valence-corrected chi connectivity index (χ0v) is 12.1. The smallest absolute Gasteiger partial charge is 0.165 e. The van der Waals surface area contributed by atoms with Crippen LogP contribution >= 0.6 is 0 Å². The number of halogens is 2. The topological polar surface area (TPSA) is 30.5 Å². The molecule has 0 aromatic heterocycles. The van der Waals surface area contributed by atoms with E-state index in [1.165, 1.54) is 32.4 Å². The highest BCUT2D eigenvalue weighted by atomic mass is 19.1. The average molecular weight is 293 g/mol. The van der Waals surface area contributed by atoms with Crippen LogP contribution in [0.3, 0.4) is 0 Å². The van der Waals surface area contributed by atoms with Crippen LogP contribution < -0.4 is 14.8 Å². The Bertz CT molecular complexity index is 632. The summed E-state index contributed by atoms with van der Waals surface area (Å²) >= 11 is 0. The van der Waals surface area contributed by atoms with Gasteiger partial charge in [-0.2, -0.15) is 0 Å². The van der Waals surface area contributed by atoms with Crippen LogP contribution in [0.15, 0.2) is 36.4 Å². The van der Waals surface area contributed by atoms with Crippen molar-refractivity contribution in [2.45, 2.75) is 13.0 Å². The molecule has 2 rings (SSSR count). The fourth-order valence-corrected chi connectivity index (χ4v) is 2.19. The standard InChI is InChI=1S/C16H17F2NO2/c1-10(16-13(18)5-4-6-14(16)20-2)19-11-7-8-12(17)15(9-11)21-3/h4-10,19H,1-3H3. The quantitative estimate of drug-likeness (QED) is 0.898. The third-order valence-electron chi connectivity index (χ3n) is 3.20. The highest BCUT2D eigenvalue weighted by Gasteiger charge is 2.16. The summed E-state index contributed by atoms with van der Waals surface area (Å²) in [6, 6.07) is 8.71. The number of rotatable bonds is 5. The first-order valence-corrected chi connectivity index (χ1v) is 6.49. The first-order chi connectivity index (χ1) is 10.1. The Kier molecular flexibility index (Phi) is 4.62. The van der Waals surface area contributed by atoms with Crippen LogP contribution in [0.5, 0.6) is 11.5 Å². The summed E-state index contributed by atoms with van der Waals surface area (Å²) in [5, 5.41) is 3.11. The number of nitrogens with one attached hydrogen (secondary N) is 1. The lowest BCUT2D eigenvalue weighted by Gasteiger charge is -2.19. The van der Waals surface area contributed by atoms with Gasteiger partial charge in [0.25, 0.3) is 0 Å². The molecular weight excluding hydrogens is 276 g/mol. The summed E-state index contributed by atoms with van der Waals surface area (Å²) in [5.41, 5.74) is 1.05. The second-order valence-electron chi connectivity index (χ2n) is 4.57. The molecule has 2 aromatic carbocycles. The highest BCUT2D eigenvalue weighted by Crippen LogP contribution is 2.31. The van der Waals surface area contributed by atoms with E-state index in [4.69, 9.17) is 9.47 Å². The Morgan fingerprint density at radius 3 is 2.33 bits per heavy atom. The van der Waals surface area contributed by atoms with Crippen molar-refractivity contribution in [2.24, 2.45) is 0 Å². The van der Waals surface area contributed by atoms with E-state index in [-0.39, 0.29) is 17.6 Å². The fraction of sp³-hybridized carbons (Fsp3) is 0.250. The molecule has 0 aliphatic rings. The highest BCUT2D eigenvalue weighted by molar-refractivity contribution is 5.51. The van der Waals surface area contributed by atoms with Crippen molar-refractivity contribution in [2.75, 3.05) is 19.5 Å². The van der Waals surface area contributed by atoms with Gasteiger partial charge < -0.3 is 14.8 Å². The molecule has 0 fully saturated rings. The zero-order valence-electron chi connectivity index (χ0n) is 12.1. The van der Waals surface area contributed by atoms with Gasteiger partial charge >= 0.3 is 0 Å². The molecule has 0 radical (unpaired) electrons. The van der Waals surface area contributed by atoms with Gasteiger partial charge in [-0.1, -0.05) is 6.07 Å². The lowest BCUT2D eigenvalue weighted by Crippen LogP contribution is -2.10. The van der Waals surface area contributed by atoms with E-state index in [9.17, 15) is 8.78 Å². The number of hydrogen-bond acceptors (Lipinski definition) is 3. The van der Waals surface area contributed by atoms with Crippen molar-refractivity contribution in [3.63, 3.8) is 0 Å². The SMILES string of the molecule is COc1cc(NC(C)c2c(F)cccc2OC)ccc1F. The minimum atomic E-state index is -0.445. The van der Waals surface area contributed by atoms with Gasteiger partial charge in [-0.15, -0.1) is 0 Å². The van der Waals surface area contributed by atoms with E-state index in [0.29, 0.717) is 17.0 Å². The maximum atomic E-state index is 14.0. The van der Waals surface area contributed by atoms with Crippen LogP contribution in [0.1, 0.15) is 18.5 Å². The average Bonchev–Trinajstić information content (AvgIpc) is 2.48.